The van der Waals surface area contributed by atoms with Gasteiger partial charge < -0.3 is 19.6 Å². The molecule has 3 aromatic rings. The van der Waals surface area contributed by atoms with Crippen LogP contribution in [0.1, 0.15) is 31.6 Å². The average molecular weight is 410 g/mol. The van der Waals surface area contributed by atoms with E-state index in [9.17, 15) is 9.50 Å². The molecule has 0 amide bonds. The van der Waals surface area contributed by atoms with Crippen molar-refractivity contribution in [2.24, 2.45) is 0 Å². The molecular formula is C22H23FN4O3. The fourth-order valence-corrected chi connectivity index (χ4v) is 4.35. The summed E-state index contributed by atoms with van der Waals surface area (Å²) in [6, 6.07) is 8.71. The first kappa shape index (κ1) is 19.0. The number of hydrogen-bond acceptors (Lipinski definition) is 7. The highest BCUT2D eigenvalue weighted by molar-refractivity contribution is 5.72. The van der Waals surface area contributed by atoms with Crippen molar-refractivity contribution < 1.29 is 18.7 Å². The van der Waals surface area contributed by atoms with Gasteiger partial charge in [0.25, 0.3) is 0 Å². The van der Waals surface area contributed by atoms with Gasteiger partial charge in [0.15, 0.2) is 17.8 Å². The Morgan fingerprint density at radius 3 is 2.83 bits per heavy atom. The predicted octanol–water partition coefficient (Wildman–Crippen LogP) is 3.81. The average Bonchev–Trinajstić information content (AvgIpc) is 3.19. The van der Waals surface area contributed by atoms with Crippen LogP contribution in [0.15, 0.2) is 40.9 Å². The van der Waals surface area contributed by atoms with Crippen molar-refractivity contribution in [1.82, 2.24) is 20.5 Å². The number of oxazole rings is 1. The maximum atomic E-state index is 14.7. The van der Waals surface area contributed by atoms with E-state index < -0.39 is 12.3 Å². The first-order chi connectivity index (χ1) is 14.6. The van der Waals surface area contributed by atoms with Crippen LogP contribution in [-0.4, -0.2) is 44.6 Å². The smallest absolute Gasteiger partial charge is 0.233 e. The van der Waals surface area contributed by atoms with Crippen molar-refractivity contribution in [3.05, 3.63) is 42.4 Å². The lowest BCUT2D eigenvalue weighted by Crippen LogP contribution is -2.59. The Bertz CT molecular complexity index is 1040. The van der Waals surface area contributed by atoms with Crippen molar-refractivity contribution in [3.63, 3.8) is 0 Å². The molecule has 4 heterocycles. The number of benzene rings is 1. The lowest BCUT2D eigenvalue weighted by Gasteiger charge is -2.42. The van der Waals surface area contributed by atoms with E-state index >= 15 is 0 Å². The lowest BCUT2D eigenvalue weighted by molar-refractivity contribution is 0.00652. The van der Waals surface area contributed by atoms with Gasteiger partial charge in [0.05, 0.1) is 11.9 Å². The van der Waals surface area contributed by atoms with E-state index in [4.69, 9.17) is 9.15 Å². The molecule has 8 heteroatoms. The molecule has 156 valence electrons. The van der Waals surface area contributed by atoms with Gasteiger partial charge >= 0.3 is 0 Å². The number of nitrogens with one attached hydrogen (secondary N) is 1. The van der Waals surface area contributed by atoms with Gasteiger partial charge in [-0.2, -0.15) is 0 Å². The normalized spacial score (nSPS) is 25.8. The minimum absolute atomic E-state index is 0.0551. The third kappa shape index (κ3) is 3.63. The topological polar surface area (TPSA) is 93.3 Å². The SMILES string of the molecule is Cc1ncc(-c2ccc(-c3ccc(O[C@H]4CC5CCCC(N5)[C@H]4F)nn3)c(O)c2)o1. The molecule has 0 spiro atoms. The van der Waals surface area contributed by atoms with Crippen molar-refractivity contribution in [2.45, 2.75) is 57.0 Å². The van der Waals surface area contributed by atoms with Gasteiger partial charge in [-0.1, -0.05) is 12.5 Å². The van der Waals surface area contributed by atoms with E-state index in [-0.39, 0.29) is 11.8 Å². The summed E-state index contributed by atoms with van der Waals surface area (Å²) < 4.78 is 26.0. The van der Waals surface area contributed by atoms with Crippen LogP contribution in [0.5, 0.6) is 11.6 Å². The van der Waals surface area contributed by atoms with E-state index in [1.54, 1.807) is 37.4 Å². The first-order valence-electron chi connectivity index (χ1n) is 10.2. The molecular weight excluding hydrogens is 387 g/mol. The maximum absolute atomic E-state index is 14.7. The van der Waals surface area contributed by atoms with E-state index in [0.717, 1.165) is 24.8 Å². The Hall–Kier alpha value is -3.00. The minimum Gasteiger partial charge on any atom is -0.507 e. The zero-order valence-corrected chi connectivity index (χ0v) is 16.6. The predicted molar refractivity (Wildman–Crippen MR) is 108 cm³/mol. The van der Waals surface area contributed by atoms with Gasteiger partial charge in [0, 0.05) is 42.6 Å². The molecule has 2 aliphatic rings. The lowest BCUT2D eigenvalue weighted by atomic mass is 9.84. The van der Waals surface area contributed by atoms with Gasteiger partial charge in [-0.25, -0.2) is 9.37 Å². The van der Waals surface area contributed by atoms with Crippen LogP contribution in [-0.2, 0) is 0 Å². The van der Waals surface area contributed by atoms with E-state index in [0.29, 0.717) is 41.3 Å². The van der Waals surface area contributed by atoms with Gasteiger partial charge in [0.1, 0.15) is 11.9 Å². The summed E-state index contributed by atoms with van der Waals surface area (Å²) in [6.45, 7) is 1.76. The second-order valence-corrected chi connectivity index (χ2v) is 7.97. The van der Waals surface area contributed by atoms with Crippen molar-refractivity contribution >= 4 is 0 Å². The Morgan fingerprint density at radius 1 is 1.20 bits per heavy atom. The number of rotatable bonds is 4. The van der Waals surface area contributed by atoms with Gasteiger partial charge in [-0.05, 0) is 31.0 Å². The summed E-state index contributed by atoms with van der Waals surface area (Å²) in [5.74, 6) is 1.48. The molecule has 2 N–H and O–H groups in total. The van der Waals surface area contributed by atoms with Gasteiger partial charge in [-0.15, -0.1) is 10.2 Å². The van der Waals surface area contributed by atoms with Crippen molar-refractivity contribution in [1.29, 1.82) is 0 Å². The zero-order chi connectivity index (χ0) is 20.7. The highest BCUT2D eigenvalue weighted by Gasteiger charge is 2.41. The molecule has 5 rings (SSSR count). The summed E-state index contributed by atoms with van der Waals surface area (Å²) in [7, 11) is 0. The molecule has 2 aromatic heterocycles. The zero-order valence-electron chi connectivity index (χ0n) is 16.6. The van der Waals surface area contributed by atoms with Crippen LogP contribution >= 0.6 is 0 Å². The summed E-state index contributed by atoms with van der Waals surface area (Å²) in [4.78, 5) is 4.07. The molecule has 0 saturated carbocycles. The highest BCUT2D eigenvalue weighted by Crippen LogP contribution is 2.34. The number of ether oxygens (including phenoxy) is 1. The fraction of sp³-hybridized carbons (Fsp3) is 0.409. The number of aromatic nitrogens is 3. The molecule has 1 aromatic carbocycles. The van der Waals surface area contributed by atoms with Crippen molar-refractivity contribution in [2.75, 3.05) is 0 Å². The standard InChI is InChI=1S/C22H23FN4O3/c1-12-24-11-20(29-12)13-5-6-15(18(28)9-13)16-7-8-21(27-26-16)30-19-10-14-3-2-4-17(25-14)22(19)23/h5-9,11,14,17,19,22,25,28H,2-4,10H2,1H3/t14?,17?,19-,22+/m0/s1. The van der Waals surface area contributed by atoms with Crippen LogP contribution in [0.4, 0.5) is 4.39 Å². The number of fused-ring (bicyclic) bond motifs is 2. The molecule has 2 saturated heterocycles. The fourth-order valence-electron chi connectivity index (χ4n) is 4.35. The summed E-state index contributed by atoms with van der Waals surface area (Å²) >= 11 is 0. The maximum Gasteiger partial charge on any atom is 0.233 e. The molecule has 2 fully saturated rings. The van der Waals surface area contributed by atoms with Crippen LogP contribution in [0.2, 0.25) is 0 Å². The molecule has 30 heavy (non-hydrogen) atoms. The number of halogens is 1. The molecule has 0 radical (unpaired) electrons. The van der Waals surface area contributed by atoms with Gasteiger partial charge in [0.2, 0.25) is 5.88 Å². The summed E-state index contributed by atoms with van der Waals surface area (Å²) in [5.41, 5.74) is 1.75. The summed E-state index contributed by atoms with van der Waals surface area (Å²) in [5, 5.41) is 22.1. The third-order valence-electron chi connectivity index (χ3n) is 5.87. The number of aromatic hydroxyl groups is 1. The second-order valence-electron chi connectivity index (χ2n) is 7.97. The number of phenols is 1. The summed E-state index contributed by atoms with van der Waals surface area (Å²) in [6.07, 6.45) is 3.62. The largest absolute Gasteiger partial charge is 0.507 e. The number of aryl methyl sites for hydroxylation is 1. The third-order valence-corrected chi connectivity index (χ3v) is 5.87. The molecule has 2 unspecified atom stereocenters. The van der Waals surface area contributed by atoms with E-state index in [2.05, 4.69) is 20.5 Å². The number of piperidine rings is 2. The number of phenolic OH excluding ortho intramolecular Hbond substituents is 1. The Kier molecular flexibility index (Phi) is 4.86. The van der Waals surface area contributed by atoms with Gasteiger partial charge in [-0.3, -0.25) is 0 Å². The quantitative estimate of drug-likeness (QED) is 0.675. The first-order valence-corrected chi connectivity index (χ1v) is 10.2. The van der Waals surface area contributed by atoms with Crippen LogP contribution in [0, 0.1) is 6.92 Å². The van der Waals surface area contributed by atoms with Crippen LogP contribution in [0.25, 0.3) is 22.6 Å². The number of hydrogen-bond donors (Lipinski definition) is 2. The number of nitrogens with zero attached hydrogens (tertiary/aromatic N) is 3. The highest BCUT2D eigenvalue weighted by atomic mass is 19.1. The molecule has 4 atom stereocenters. The molecule has 0 aliphatic carbocycles. The second kappa shape index (κ2) is 7.68. The monoisotopic (exact) mass is 410 g/mol. The van der Waals surface area contributed by atoms with E-state index in [1.165, 1.54) is 0 Å². The number of alkyl halides is 1. The van der Waals surface area contributed by atoms with Crippen LogP contribution in [0.3, 0.4) is 0 Å². The Balaban J connectivity index is 1.31. The van der Waals surface area contributed by atoms with Crippen molar-refractivity contribution in [3.8, 4) is 34.2 Å². The Labute approximate surface area is 173 Å². The minimum atomic E-state index is -1.06. The molecule has 2 bridgehead atoms. The van der Waals surface area contributed by atoms with E-state index in [1.807, 2.05) is 6.07 Å². The molecule has 7 nitrogen and oxygen atoms in total. The van der Waals surface area contributed by atoms with Crippen LogP contribution < -0.4 is 10.1 Å². The molecule has 2 aliphatic heterocycles. The Morgan fingerprint density at radius 2 is 2.10 bits per heavy atom.